The lowest BCUT2D eigenvalue weighted by Gasteiger charge is -2.46. The molecule has 0 unspecified atom stereocenters. The van der Waals surface area contributed by atoms with E-state index in [4.69, 9.17) is 14.2 Å². The Hall–Kier alpha value is -7.98. The summed E-state index contributed by atoms with van der Waals surface area (Å²) in [6.07, 6.45) is 0.595. The molecule has 0 radical (unpaired) electrons. The van der Waals surface area contributed by atoms with Gasteiger partial charge in [-0.25, -0.2) is 9.69 Å². The van der Waals surface area contributed by atoms with E-state index in [0.717, 1.165) is 16.0 Å². The molecule has 3 aliphatic heterocycles. The van der Waals surface area contributed by atoms with Gasteiger partial charge >= 0.3 is 12.0 Å². The molecule has 68 heavy (non-hydrogen) atoms. The zero-order valence-electron chi connectivity index (χ0n) is 37.6. The van der Waals surface area contributed by atoms with Crippen LogP contribution in [0.2, 0.25) is 0 Å². The number of carbonyl (C=O) groups is 4. The first-order chi connectivity index (χ1) is 33.2. The molecule has 6 aromatic rings. The van der Waals surface area contributed by atoms with Gasteiger partial charge in [0.15, 0.2) is 0 Å². The molecule has 6 aromatic carbocycles. The highest BCUT2D eigenvalue weighted by atomic mass is 16.6. The van der Waals surface area contributed by atoms with Crippen molar-refractivity contribution in [3.05, 3.63) is 209 Å². The number of para-hydroxylation sites is 1. The Balaban J connectivity index is 1.35. The fourth-order valence-corrected chi connectivity index (χ4v) is 10.1. The van der Waals surface area contributed by atoms with Gasteiger partial charge in [0, 0.05) is 23.2 Å². The first-order valence-electron chi connectivity index (χ1n) is 22.5. The van der Waals surface area contributed by atoms with Crippen molar-refractivity contribution in [2.24, 2.45) is 5.92 Å². The number of fused-ring (bicyclic) bond motifs is 3. The predicted octanol–water partition coefficient (Wildman–Crippen LogP) is 7.90. The molecule has 0 aliphatic carbocycles. The summed E-state index contributed by atoms with van der Waals surface area (Å²) in [6, 6.07) is 43.1. The number of rotatable bonds is 12. The lowest BCUT2D eigenvalue weighted by molar-refractivity contribution is -0.178. The highest BCUT2D eigenvalue weighted by Crippen LogP contribution is 2.66. The van der Waals surface area contributed by atoms with E-state index in [1.165, 1.54) is 6.08 Å². The molecule has 3 aliphatic rings. The minimum absolute atomic E-state index is 0.00994. The largest absolute Gasteiger partial charge is 0.497 e. The van der Waals surface area contributed by atoms with Crippen LogP contribution in [0.15, 0.2) is 170 Å². The van der Waals surface area contributed by atoms with Crippen molar-refractivity contribution in [1.29, 1.82) is 0 Å². The van der Waals surface area contributed by atoms with Gasteiger partial charge in [0.1, 0.15) is 35.7 Å². The van der Waals surface area contributed by atoms with Gasteiger partial charge in [0.05, 0.1) is 43.4 Å². The number of morpholine rings is 1. The number of amides is 4. The summed E-state index contributed by atoms with van der Waals surface area (Å²) >= 11 is 0. The number of nitrogens with one attached hydrogen (secondary N) is 2. The monoisotopic (exact) mass is 906 g/mol. The molecule has 3 N–H and O–H groups in total. The summed E-state index contributed by atoms with van der Waals surface area (Å²) in [4.78, 5) is 65.5. The molecule has 0 saturated carbocycles. The van der Waals surface area contributed by atoms with Crippen LogP contribution in [0.5, 0.6) is 11.5 Å². The van der Waals surface area contributed by atoms with Gasteiger partial charge in [0.25, 0.3) is 0 Å². The number of ether oxygens (including phenoxy) is 3. The Morgan fingerprint density at radius 2 is 1.46 bits per heavy atom. The maximum absolute atomic E-state index is 16.6. The summed E-state index contributed by atoms with van der Waals surface area (Å²) in [5, 5.41) is 16.1. The Bertz CT molecular complexity index is 2900. The number of hydrogen-bond donors (Lipinski definition) is 3. The number of aliphatic hydroxyl groups excluding tert-OH is 1. The third-order valence-corrected chi connectivity index (χ3v) is 13.0. The third kappa shape index (κ3) is 8.06. The van der Waals surface area contributed by atoms with Crippen LogP contribution in [-0.4, -0.2) is 66.7 Å². The second-order valence-corrected chi connectivity index (χ2v) is 16.8. The molecular weight excluding hydrogens is 857 g/mol. The SMILES string of the molecule is C=CCNC(=O)[C@@H]1[C@H]2C(=O)O[C@H](c3ccccc3)[C@H](c3ccccc3)N2[C@H](c2ccccc2OCCO)[C@@]12C(=O)N(C(=O)N[C@H](C)c1ccccc1)c1ccc(C#Cc3ccc(OC)cc3)cc12. The average molecular weight is 907 g/mol. The van der Waals surface area contributed by atoms with E-state index in [0.29, 0.717) is 39.3 Å². The first kappa shape index (κ1) is 45.2. The van der Waals surface area contributed by atoms with Gasteiger partial charge in [-0.05, 0) is 77.7 Å². The molecule has 2 fully saturated rings. The minimum Gasteiger partial charge on any atom is -0.497 e. The summed E-state index contributed by atoms with van der Waals surface area (Å²) in [6.45, 7) is 5.27. The highest BCUT2D eigenvalue weighted by molar-refractivity contribution is 6.24. The number of esters is 1. The molecule has 9 rings (SSSR count). The fourth-order valence-electron chi connectivity index (χ4n) is 10.1. The Labute approximate surface area is 395 Å². The van der Waals surface area contributed by atoms with Gasteiger partial charge < -0.3 is 30.0 Å². The Morgan fingerprint density at radius 3 is 2.13 bits per heavy atom. The first-order valence-corrected chi connectivity index (χ1v) is 22.5. The zero-order valence-corrected chi connectivity index (χ0v) is 37.6. The van der Waals surface area contributed by atoms with Crippen molar-refractivity contribution in [3.63, 3.8) is 0 Å². The van der Waals surface area contributed by atoms with Crippen LogP contribution in [0.4, 0.5) is 10.5 Å². The lowest BCUT2D eigenvalue weighted by atomic mass is 9.65. The van der Waals surface area contributed by atoms with Crippen molar-refractivity contribution in [3.8, 4) is 23.3 Å². The van der Waals surface area contributed by atoms with Crippen LogP contribution < -0.4 is 25.0 Å². The Morgan fingerprint density at radius 1 is 0.824 bits per heavy atom. The van der Waals surface area contributed by atoms with Gasteiger partial charge in [-0.3, -0.25) is 19.3 Å². The molecular formula is C56H50N4O8. The molecule has 1 spiro atoms. The van der Waals surface area contributed by atoms with E-state index in [9.17, 15) is 5.11 Å². The topological polar surface area (TPSA) is 147 Å². The summed E-state index contributed by atoms with van der Waals surface area (Å²) in [7, 11) is 1.59. The number of cyclic esters (lactones) is 1. The van der Waals surface area contributed by atoms with Gasteiger partial charge in [0.2, 0.25) is 11.8 Å². The maximum atomic E-state index is 16.6. The van der Waals surface area contributed by atoms with Crippen LogP contribution in [0.3, 0.4) is 0 Å². The van der Waals surface area contributed by atoms with E-state index >= 15 is 19.2 Å². The molecule has 7 atom stereocenters. The molecule has 0 bridgehead atoms. The zero-order chi connectivity index (χ0) is 47.4. The molecule has 0 aromatic heterocycles. The second kappa shape index (κ2) is 19.5. The number of methoxy groups -OCH3 is 1. The quantitative estimate of drug-likeness (QED) is 0.0634. The molecule has 342 valence electrons. The summed E-state index contributed by atoms with van der Waals surface area (Å²) < 4.78 is 18.2. The van der Waals surface area contributed by atoms with Crippen LogP contribution in [0, 0.1) is 17.8 Å². The number of aliphatic hydroxyl groups is 1. The van der Waals surface area contributed by atoms with E-state index in [2.05, 4.69) is 29.1 Å². The van der Waals surface area contributed by atoms with E-state index in [-0.39, 0.29) is 25.4 Å². The van der Waals surface area contributed by atoms with Gasteiger partial charge in [-0.15, -0.1) is 6.58 Å². The van der Waals surface area contributed by atoms with Crippen LogP contribution in [-0.2, 0) is 24.5 Å². The van der Waals surface area contributed by atoms with Gasteiger partial charge in [-0.1, -0.05) is 127 Å². The van der Waals surface area contributed by atoms with Crippen molar-refractivity contribution in [1.82, 2.24) is 15.5 Å². The molecule has 4 amide bonds. The number of nitrogens with zero attached hydrogens (tertiary/aromatic N) is 2. The number of imide groups is 1. The van der Waals surface area contributed by atoms with E-state index < -0.39 is 65.4 Å². The molecule has 12 heteroatoms. The summed E-state index contributed by atoms with van der Waals surface area (Å²) in [5.74, 6) is 3.84. The average Bonchev–Trinajstić information content (AvgIpc) is 3.83. The minimum atomic E-state index is -2.05. The van der Waals surface area contributed by atoms with Crippen LogP contribution in [0.1, 0.15) is 70.1 Å². The number of anilines is 1. The number of hydrogen-bond acceptors (Lipinski definition) is 9. The normalized spacial score (nSPS) is 21.9. The van der Waals surface area contributed by atoms with E-state index in [1.54, 1.807) is 61.7 Å². The molecule has 12 nitrogen and oxygen atoms in total. The van der Waals surface area contributed by atoms with Crippen LogP contribution in [0.25, 0.3) is 0 Å². The fraction of sp³-hybridized carbons (Fsp3) is 0.214. The van der Waals surface area contributed by atoms with Crippen molar-refractivity contribution in [2.45, 2.75) is 42.6 Å². The standard InChI is InChI=1S/C56H50N4O8/c1-4-32-57-52(62)47-49-53(63)68-50(41-20-12-7-13-21-41)48(40-18-10-6-11-19-40)60(49)51(43-22-14-15-23-46(43)67-34-33-61)56(47)44-35-38(25-24-37-26-29-42(66-3)30-27-37)28-31-45(44)59(54(56)64)55(65)58-36(2)39-16-8-5-9-17-39/h4-23,26-31,35-36,47-51,61H,1,32-34H2,2-3H3,(H,57,62)(H,58,65)/t36-,47+,48+,49+,50-,51-,56+/m1/s1. The number of carbonyl (C=O) groups excluding carboxylic acids is 4. The van der Waals surface area contributed by atoms with Crippen molar-refractivity contribution >= 4 is 29.5 Å². The summed E-state index contributed by atoms with van der Waals surface area (Å²) in [5.41, 5.74) is 2.33. The van der Waals surface area contributed by atoms with Gasteiger partial charge in [-0.2, -0.15) is 0 Å². The highest BCUT2D eigenvalue weighted by Gasteiger charge is 2.76. The predicted molar refractivity (Wildman–Crippen MR) is 257 cm³/mol. The second-order valence-electron chi connectivity index (χ2n) is 16.8. The molecule has 2 saturated heterocycles. The third-order valence-electron chi connectivity index (χ3n) is 13.0. The van der Waals surface area contributed by atoms with Crippen molar-refractivity contribution in [2.75, 3.05) is 31.8 Å². The van der Waals surface area contributed by atoms with E-state index in [1.807, 2.05) is 115 Å². The lowest BCUT2D eigenvalue weighted by Crippen LogP contribution is -2.56. The maximum Gasteiger partial charge on any atom is 0.329 e. The Kier molecular flexibility index (Phi) is 12.9. The smallest absolute Gasteiger partial charge is 0.329 e. The van der Waals surface area contributed by atoms with Crippen LogP contribution >= 0.6 is 0 Å². The number of urea groups is 1. The molecule has 3 heterocycles. The van der Waals surface area contributed by atoms with Crippen molar-refractivity contribution < 1.29 is 38.5 Å². The number of benzene rings is 6.